The summed E-state index contributed by atoms with van der Waals surface area (Å²) in [5.74, 6) is -0.406. The zero-order valence-electron chi connectivity index (χ0n) is 12.3. The van der Waals surface area contributed by atoms with Crippen molar-refractivity contribution in [3.8, 4) is 0 Å². The first-order valence-electron chi connectivity index (χ1n) is 6.60. The lowest BCUT2D eigenvalue weighted by Crippen LogP contribution is -2.20. The molecule has 21 heavy (non-hydrogen) atoms. The SMILES string of the molecule is CC(C)(C)C(=O)/C=C(/C(=O)c1ccccc1)n1cncn1. The van der Waals surface area contributed by atoms with Crippen molar-refractivity contribution < 1.29 is 9.59 Å². The van der Waals surface area contributed by atoms with Gasteiger partial charge < -0.3 is 0 Å². The summed E-state index contributed by atoms with van der Waals surface area (Å²) in [5, 5.41) is 3.96. The Morgan fingerprint density at radius 2 is 1.81 bits per heavy atom. The molecule has 0 bridgehead atoms. The van der Waals surface area contributed by atoms with Crippen molar-refractivity contribution in [2.75, 3.05) is 0 Å². The topological polar surface area (TPSA) is 64.8 Å². The highest BCUT2D eigenvalue weighted by Gasteiger charge is 2.23. The predicted molar refractivity (Wildman–Crippen MR) is 79.5 cm³/mol. The van der Waals surface area contributed by atoms with Crippen LogP contribution in [0.4, 0.5) is 0 Å². The van der Waals surface area contributed by atoms with Crippen molar-refractivity contribution in [2.24, 2.45) is 5.41 Å². The molecule has 1 aromatic carbocycles. The van der Waals surface area contributed by atoms with Gasteiger partial charge in [0.05, 0.1) is 0 Å². The quantitative estimate of drug-likeness (QED) is 0.639. The number of hydrogen-bond acceptors (Lipinski definition) is 4. The number of nitrogens with zero attached hydrogens (tertiary/aromatic N) is 3. The van der Waals surface area contributed by atoms with Gasteiger partial charge in [0.1, 0.15) is 18.4 Å². The minimum atomic E-state index is -0.567. The van der Waals surface area contributed by atoms with Gasteiger partial charge in [-0.1, -0.05) is 51.1 Å². The van der Waals surface area contributed by atoms with E-state index in [0.717, 1.165) is 0 Å². The van der Waals surface area contributed by atoms with E-state index in [0.29, 0.717) is 5.56 Å². The number of carbonyl (C=O) groups excluding carboxylic acids is 2. The number of ketones is 2. The fraction of sp³-hybridized carbons (Fsp3) is 0.250. The number of hydrogen-bond donors (Lipinski definition) is 0. The molecule has 0 saturated carbocycles. The Bertz CT molecular complexity index is 665. The summed E-state index contributed by atoms with van der Waals surface area (Å²) in [5.41, 5.74) is 0.127. The van der Waals surface area contributed by atoms with Crippen molar-refractivity contribution in [2.45, 2.75) is 20.8 Å². The molecule has 2 aromatic rings. The molecular formula is C16H17N3O2. The molecule has 0 aliphatic heterocycles. The Morgan fingerprint density at radius 1 is 1.14 bits per heavy atom. The van der Waals surface area contributed by atoms with Gasteiger partial charge in [-0.2, -0.15) is 5.10 Å². The normalized spacial score (nSPS) is 12.2. The van der Waals surface area contributed by atoms with Gasteiger partial charge in [-0.3, -0.25) is 9.59 Å². The van der Waals surface area contributed by atoms with E-state index in [1.54, 1.807) is 45.0 Å². The van der Waals surface area contributed by atoms with Crippen LogP contribution in [0, 0.1) is 5.41 Å². The summed E-state index contributed by atoms with van der Waals surface area (Å²) >= 11 is 0. The van der Waals surface area contributed by atoms with E-state index in [1.165, 1.54) is 23.4 Å². The predicted octanol–water partition coefficient (Wildman–Crippen LogP) is 2.62. The molecule has 1 aromatic heterocycles. The molecule has 0 aliphatic carbocycles. The zero-order valence-corrected chi connectivity index (χ0v) is 12.3. The molecule has 0 fully saturated rings. The third-order valence-corrected chi connectivity index (χ3v) is 2.94. The van der Waals surface area contributed by atoms with Gasteiger partial charge in [0.25, 0.3) is 0 Å². The van der Waals surface area contributed by atoms with Gasteiger partial charge in [-0.15, -0.1) is 0 Å². The van der Waals surface area contributed by atoms with E-state index < -0.39 is 5.41 Å². The van der Waals surface area contributed by atoms with Gasteiger partial charge in [0.15, 0.2) is 5.78 Å². The van der Waals surface area contributed by atoms with Crippen LogP contribution in [0.5, 0.6) is 0 Å². The first-order chi connectivity index (χ1) is 9.89. The highest BCUT2D eigenvalue weighted by Crippen LogP contribution is 2.19. The maximum absolute atomic E-state index is 12.6. The maximum Gasteiger partial charge on any atom is 0.211 e. The molecule has 0 amide bonds. The van der Waals surface area contributed by atoms with Crippen molar-refractivity contribution in [3.05, 3.63) is 54.6 Å². The summed E-state index contributed by atoms with van der Waals surface area (Å²) in [6.45, 7) is 5.41. The lowest BCUT2D eigenvalue weighted by atomic mass is 9.89. The molecule has 5 nitrogen and oxygen atoms in total. The monoisotopic (exact) mass is 283 g/mol. The molecule has 108 valence electrons. The summed E-state index contributed by atoms with van der Waals surface area (Å²) in [7, 11) is 0. The summed E-state index contributed by atoms with van der Waals surface area (Å²) in [4.78, 5) is 28.6. The second-order valence-corrected chi connectivity index (χ2v) is 5.68. The third-order valence-electron chi connectivity index (χ3n) is 2.94. The van der Waals surface area contributed by atoms with E-state index in [2.05, 4.69) is 10.1 Å². The Hall–Kier alpha value is -2.56. The molecule has 0 saturated heterocycles. The van der Waals surface area contributed by atoms with E-state index in [4.69, 9.17) is 0 Å². The zero-order chi connectivity index (χ0) is 15.5. The van der Waals surface area contributed by atoms with Gasteiger partial charge in [0.2, 0.25) is 5.78 Å². The van der Waals surface area contributed by atoms with Crippen molar-refractivity contribution in [1.82, 2.24) is 14.8 Å². The summed E-state index contributed by atoms with van der Waals surface area (Å²) < 4.78 is 1.32. The first kappa shape index (κ1) is 14.8. The molecule has 0 radical (unpaired) electrons. The summed E-state index contributed by atoms with van der Waals surface area (Å²) in [6, 6.07) is 8.79. The number of benzene rings is 1. The Labute approximate surface area is 123 Å². The van der Waals surface area contributed by atoms with E-state index in [9.17, 15) is 9.59 Å². The Morgan fingerprint density at radius 3 is 2.33 bits per heavy atom. The number of rotatable bonds is 4. The fourth-order valence-corrected chi connectivity index (χ4v) is 1.65. The maximum atomic E-state index is 12.6. The smallest absolute Gasteiger partial charge is 0.211 e. The van der Waals surface area contributed by atoms with E-state index in [1.807, 2.05) is 6.07 Å². The van der Waals surface area contributed by atoms with Crippen LogP contribution in [-0.2, 0) is 4.79 Å². The van der Waals surface area contributed by atoms with Crippen LogP contribution in [0.25, 0.3) is 5.70 Å². The molecule has 0 unspecified atom stereocenters. The molecule has 0 spiro atoms. The lowest BCUT2D eigenvalue weighted by molar-refractivity contribution is -0.121. The van der Waals surface area contributed by atoms with Crippen LogP contribution in [0.1, 0.15) is 31.1 Å². The van der Waals surface area contributed by atoms with Crippen molar-refractivity contribution in [1.29, 1.82) is 0 Å². The first-order valence-corrected chi connectivity index (χ1v) is 6.60. The number of aromatic nitrogens is 3. The highest BCUT2D eigenvalue weighted by molar-refractivity contribution is 6.27. The minimum Gasteiger partial charge on any atom is -0.294 e. The fourth-order valence-electron chi connectivity index (χ4n) is 1.65. The van der Waals surface area contributed by atoms with Gasteiger partial charge in [0, 0.05) is 17.1 Å². The van der Waals surface area contributed by atoms with Gasteiger partial charge in [-0.05, 0) is 0 Å². The van der Waals surface area contributed by atoms with Crippen LogP contribution in [-0.4, -0.2) is 26.3 Å². The second-order valence-electron chi connectivity index (χ2n) is 5.68. The number of allylic oxidation sites excluding steroid dienone is 2. The molecule has 2 rings (SSSR count). The van der Waals surface area contributed by atoms with Gasteiger partial charge >= 0.3 is 0 Å². The molecule has 5 heteroatoms. The molecular weight excluding hydrogens is 266 g/mol. The van der Waals surface area contributed by atoms with E-state index >= 15 is 0 Å². The Kier molecular flexibility index (Phi) is 4.12. The second kappa shape index (κ2) is 5.83. The average Bonchev–Trinajstić information content (AvgIpc) is 2.97. The number of Topliss-reactive ketones (excluding diaryl/α,β-unsaturated/α-hetero) is 1. The molecule has 0 aliphatic rings. The van der Waals surface area contributed by atoms with Crippen LogP contribution in [0.2, 0.25) is 0 Å². The molecule has 0 atom stereocenters. The van der Waals surface area contributed by atoms with Crippen molar-refractivity contribution >= 4 is 17.3 Å². The largest absolute Gasteiger partial charge is 0.294 e. The van der Waals surface area contributed by atoms with Crippen molar-refractivity contribution in [3.63, 3.8) is 0 Å². The molecule has 0 N–H and O–H groups in total. The van der Waals surface area contributed by atoms with E-state index in [-0.39, 0.29) is 17.3 Å². The van der Waals surface area contributed by atoms with Crippen LogP contribution in [0.3, 0.4) is 0 Å². The molecule has 1 heterocycles. The lowest BCUT2D eigenvalue weighted by Gasteiger charge is -2.15. The standard InChI is InChI=1S/C16H17N3O2/c1-16(2,3)14(20)9-13(19-11-17-10-18-19)15(21)12-7-5-4-6-8-12/h4-11H,1-3H3/b13-9-. The van der Waals surface area contributed by atoms with Crippen LogP contribution >= 0.6 is 0 Å². The highest BCUT2D eigenvalue weighted by atomic mass is 16.1. The van der Waals surface area contributed by atoms with Crippen LogP contribution in [0.15, 0.2) is 49.1 Å². The average molecular weight is 283 g/mol. The Balaban J connectivity index is 2.46. The number of carbonyl (C=O) groups is 2. The third kappa shape index (κ3) is 3.51. The minimum absolute atomic E-state index is 0.141. The summed E-state index contributed by atoms with van der Waals surface area (Å²) in [6.07, 6.45) is 4.07. The van der Waals surface area contributed by atoms with Gasteiger partial charge in [-0.25, -0.2) is 9.67 Å². The van der Waals surface area contributed by atoms with Crippen LogP contribution < -0.4 is 0 Å².